The molecule has 31 heavy (non-hydrogen) atoms. The predicted molar refractivity (Wildman–Crippen MR) is 112 cm³/mol. The zero-order chi connectivity index (χ0) is 22.0. The Labute approximate surface area is 178 Å². The van der Waals surface area contributed by atoms with Gasteiger partial charge in [-0.05, 0) is 60.1 Å². The molecule has 1 saturated carbocycles. The molecule has 5 nitrogen and oxygen atoms in total. The highest BCUT2D eigenvalue weighted by Gasteiger charge is 2.65. The molecule has 5 rings (SSSR count). The molecule has 2 heterocycles. The Morgan fingerprint density at radius 1 is 1.13 bits per heavy atom. The number of rotatable bonds is 3. The summed E-state index contributed by atoms with van der Waals surface area (Å²) < 4.78 is 28.7. The minimum Gasteiger partial charge on any atom is -0.355 e. The molecule has 2 aliphatic carbocycles. The van der Waals surface area contributed by atoms with Crippen molar-refractivity contribution in [2.24, 2.45) is 5.41 Å². The van der Waals surface area contributed by atoms with Gasteiger partial charge >= 0.3 is 0 Å². The molecule has 2 aromatic heterocycles. The van der Waals surface area contributed by atoms with Crippen molar-refractivity contribution in [1.29, 1.82) is 0 Å². The van der Waals surface area contributed by atoms with E-state index in [4.69, 9.17) is 0 Å². The van der Waals surface area contributed by atoms with Crippen LogP contribution in [0.3, 0.4) is 0 Å². The van der Waals surface area contributed by atoms with Gasteiger partial charge in [-0.3, -0.25) is 9.78 Å². The van der Waals surface area contributed by atoms with E-state index in [1.54, 1.807) is 25.4 Å². The van der Waals surface area contributed by atoms with E-state index in [1.807, 2.05) is 6.07 Å². The number of aromatic nitrogens is 3. The summed E-state index contributed by atoms with van der Waals surface area (Å²) in [7, 11) is 1.59. The second kappa shape index (κ2) is 6.64. The van der Waals surface area contributed by atoms with E-state index < -0.39 is 17.0 Å². The van der Waals surface area contributed by atoms with E-state index in [0.717, 1.165) is 29.8 Å². The van der Waals surface area contributed by atoms with Crippen molar-refractivity contribution in [2.45, 2.75) is 38.0 Å². The lowest BCUT2D eigenvalue weighted by molar-refractivity contribution is 0.0962. The van der Waals surface area contributed by atoms with Gasteiger partial charge in [0.15, 0.2) is 0 Å². The number of hydrogen-bond donors (Lipinski definition) is 1. The smallest absolute Gasteiger partial charge is 0.251 e. The van der Waals surface area contributed by atoms with Crippen LogP contribution in [0.25, 0.3) is 11.3 Å². The molecule has 7 heteroatoms. The summed E-state index contributed by atoms with van der Waals surface area (Å²) in [5.41, 5.74) is 2.33. The molecule has 0 saturated heterocycles. The van der Waals surface area contributed by atoms with Gasteiger partial charge in [0.05, 0.1) is 28.1 Å². The maximum absolute atomic E-state index is 14.4. The normalized spacial score (nSPS) is 22.9. The number of pyridine rings is 1. The number of halogens is 2. The van der Waals surface area contributed by atoms with Crippen LogP contribution in [0.5, 0.6) is 0 Å². The van der Waals surface area contributed by atoms with Crippen molar-refractivity contribution in [3.05, 3.63) is 76.7 Å². The van der Waals surface area contributed by atoms with Gasteiger partial charge in [-0.1, -0.05) is 19.9 Å². The molecule has 2 bridgehead atoms. The standard InChI is InChI=1S/C24H22F2N4O/c1-23(2)15-7-9-24(23,19-11-13(8-10-28-19)22(31)27-3)21-14(15)12-18(29-30-21)20-16(25)5-4-6-17(20)26/h4-6,8,10-12,15H,7,9H2,1-3H3,(H,27,31)/t15-,24+/m0/s1. The molecule has 0 aliphatic heterocycles. The van der Waals surface area contributed by atoms with Crippen LogP contribution >= 0.6 is 0 Å². The minimum atomic E-state index is -0.661. The van der Waals surface area contributed by atoms with Crippen LogP contribution < -0.4 is 5.32 Å². The first kappa shape index (κ1) is 19.7. The zero-order valence-corrected chi connectivity index (χ0v) is 17.5. The fourth-order valence-corrected chi connectivity index (χ4v) is 5.71. The molecule has 1 N–H and O–H groups in total. The van der Waals surface area contributed by atoms with Crippen LogP contribution in [0.2, 0.25) is 0 Å². The van der Waals surface area contributed by atoms with Crippen LogP contribution in [0.15, 0.2) is 42.6 Å². The molecular weight excluding hydrogens is 398 g/mol. The average molecular weight is 420 g/mol. The Morgan fingerprint density at radius 3 is 2.58 bits per heavy atom. The van der Waals surface area contributed by atoms with Gasteiger partial charge in [-0.15, -0.1) is 5.10 Å². The maximum Gasteiger partial charge on any atom is 0.251 e. The summed E-state index contributed by atoms with van der Waals surface area (Å²) in [5, 5.41) is 11.4. The number of hydrogen-bond acceptors (Lipinski definition) is 4. The fraction of sp³-hybridized carbons (Fsp3) is 0.333. The van der Waals surface area contributed by atoms with E-state index in [0.29, 0.717) is 5.56 Å². The lowest BCUT2D eigenvalue weighted by atomic mass is 9.66. The number of fused-ring (bicyclic) bond motifs is 5. The highest BCUT2D eigenvalue weighted by molar-refractivity contribution is 5.94. The van der Waals surface area contributed by atoms with Crippen LogP contribution in [0, 0.1) is 17.0 Å². The Balaban J connectivity index is 1.70. The number of nitrogens with one attached hydrogen (secondary N) is 1. The predicted octanol–water partition coefficient (Wildman–Crippen LogP) is 4.38. The molecule has 1 aromatic carbocycles. The van der Waals surface area contributed by atoms with E-state index in [2.05, 4.69) is 34.3 Å². The van der Waals surface area contributed by atoms with Crippen molar-refractivity contribution < 1.29 is 13.6 Å². The third kappa shape index (κ3) is 2.52. The highest BCUT2D eigenvalue weighted by Crippen LogP contribution is 2.69. The summed E-state index contributed by atoms with van der Waals surface area (Å²) >= 11 is 0. The minimum absolute atomic E-state index is 0.150. The largest absolute Gasteiger partial charge is 0.355 e. The van der Waals surface area contributed by atoms with Gasteiger partial charge in [0, 0.05) is 18.8 Å². The third-order valence-corrected chi connectivity index (χ3v) is 7.29. The number of benzene rings is 1. The Morgan fingerprint density at radius 2 is 1.87 bits per heavy atom. The van der Waals surface area contributed by atoms with Crippen molar-refractivity contribution >= 4 is 5.91 Å². The molecule has 3 aromatic rings. The highest BCUT2D eigenvalue weighted by atomic mass is 19.1. The van der Waals surface area contributed by atoms with E-state index >= 15 is 0 Å². The lowest BCUT2D eigenvalue weighted by Gasteiger charge is -2.37. The zero-order valence-electron chi connectivity index (χ0n) is 17.5. The first-order valence-corrected chi connectivity index (χ1v) is 10.3. The average Bonchev–Trinajstić information content (AvgIpc) is 3.14. The van der Waals surface area contributed by atoms with E-state index in [-0.39, 0.29) is 28.5 Å². The number of carbonyl (C=O) groups excluding carboxylic acids is 1. The quantitative estimate of drug-likeness (QED) is 0.683. The summed E-state index contributed by atoms with van der Waals surface area (Å²) in [6.07, 6.45) is 3.37. The summed E-state index contributed by atoms with van der Waals surface area (Å²) in [4.78, 5) is 16.9. The van der Waals surface area contributed by atoms with Gasteiger partial charge in [-0.25, -0.2) is 8.78 Å². The molecular formula is C24H22F2N4O. The van der Waals surface area contributed by atoms with Crippen molar-refractivity contribution in [3.8, 4) is 11.3 Å². The maximum atomic E-state index is 14.4. The SMILES string of the molecule is CNC(=O)c1ccnc([C@]23CC[C@@H](c4cc(-c5c(F)cccc5F)nnc42)C3(C)C)c1. The molecule has 0 spiro atoms. The molecule has 0 radical (unpaired) electrons. The van der Waals surface area contributed by atoms with Gasteiger partial charge in [0.2, 0.25) is 0 Å². The van der Waals surface area contributed by atoms with E-state index in [1.165, 1.54) is 18.2 Å². The second-order valence-electron chi connectivity index (χ2n) is 8.86. The van der Waals surface area contributed by atoms with Crippen LogP contribution in [-0.2, 0) is 5.41 Å². The van der Waals surface area contributed by atoms with Gasteiger partial charge in [0.1, 0.15) is 11.6 Å². The molecule has 1 fully saturated rings. The van der Waals surface area contributed by atoms with Crippen molar-refractivity contribution in [1.82, 2.24) is 20.5 Å². The molecule has 158 valence electrons. The first-order chi connectivity index (χ1) is 14.8. The summed E-state index contributed by atoms with van der Waals surface area (Å²) in [6, 6.07) is 9.06. The lowest BCUT2D eigenvalue weighted by Crippen LogP contribution is -2.38. The number of nitrogens with zero attached hydrogens (tertiary/aromatic N) is 3. The number of amides is 1. The molecule has 2 atom stereocenters. The molecule has 1 amide bonds. The second-order valence-corrected chi connectivity index (χ2v) is 8.86. The monoisotopic (exact) mass is 420 g/mol. The fourth-order valence-electron chi connectivity index (χ4n) is 5.71. The molecule has 0 unspecified atom stereocenters. The van der Waals surface area contributed by atoms with Crippen LogP contribution in [0.4, 0.5) is 8.78 Å². The number of carbonyl (C=O) groups is 1. The Hall–Kier alpha value is -3.22. The first-order valence-electron chi connectivity index (χ1n) is 10.3. The van der Waals surface area contributed by atoms with Gasteiger partial charge in [-0.2, -0.15) is 5.10 Å². The topological polar surface area (TPSA) is 67.8 Å². The Kier molecular flexibility index (Phi) is 4.22. The van der Waals surface area contributed by atoms with E-state index in [9.17, 15) is 13.6 Å². The molecule has 2 aliphatic rings. The Bertz CT molecular complexity index is 1210. The van der Waals surface area contributed by atoms with Crippen LogP contribution in [-0.4, -0.2) is 28.1 Å². The van der Waals surface area contributed by atoms with Crippen LogP contribution in [0.1, 0.15) is 59.9 Å². The van der Waals surface area contributed by atoms with Gasteiger partial charge in [0.25, 0.3) is 5.91 Å². The van der Waals surface area contributed by atoms with Gasteiger partial charge < -0.3 is 5.32 Å². The summed E-state index contributed by atoms with van der Waals surface area (Å²) in [6.45, 7) is 4.34. The summed E-state index contributed by atoms with van der Waals surface area (Å²) in [5.74, 6) is -1.35. The van der Waals surface area contributed by atoms with Crippen molar-refractivity contribution in [2.75, 3.05) is 7.05 Å². The van der Waals surface area contributed by atoms with Crippen molar-refractivity contribution in [3.63, 3.8) is 0 Å². The third-order valence-electron chi connectivity index (χ3n) is 7.29.